The van der Waals surface area contributed by atoms with Crippen LogP contribution in [0.5, 0.6) is 0 Å². The largest absolute Gasteiger partial charge is 0.300 e. The molecule has 23 heavy (non-hydrogen) atoms. The van der Waals surface area contributed by atoms with Crippen LogP contribution in [-0.4, -0.2) is 9.38 Å². The highest BCUT2D eigenvalue weighted by Gasteiger charge is 2.07. The number of pyridine rings is 1. The molecule has 0 unspecified atom stereocenters. The standard InChI is InChI=1S/C19H13N3O/c23-21-17-8-6-14(7-9-17)16-10-11-22-18(13-20-19(22)12-16)15-4-2-1-3-5-15/h1-13H. The van der Waals surface area contributed by atoms with Crippen LogP contribution in [0.25, 0.3) is 28.0 Å². The van der Waals surface area contributed by atoms with Crippen molar-refractivity contribution >= 4 is 11.3 Å². The summed E-state index contributed by atoms with van der Waals surface area (Å²) in [6.07, 6.45) is 3.90. The fourth-order valence-electron chi connectivity index (χ4n) is 2.70. The Morgan fingerprint density at radius 3 is 2.35 bits per heavy atom. The van der Waals surface area contributed by atoms with Crippen molar-refractivity contribution in [2.45, 2.75) is 0 Å². The highest BCUT2D eigenvalue weighted by molar-refractivity contribution is 5.71. The monoisotopic (exact) mass is 299 g/mol. The van der Waals surface area contributed by atoms with Crippen molar-refractivity contribution in [3.63, 3.8) is 0 Å². The van der Waals surface area contributed by atoms with Crippen LogP contribution in [0.1, 0.15) is 0 Å². The van der Waals surface area contributed by atoms with Gasteiger partial charge in [0.05, 0.1) is 11.9 Å². The van der Waals surface area contributed by atoms with Crippen LogP contribution in [0.3, 0.4) is 0 Å². The van der Waals surface area contributed by atoms with E-state index in [0.29, 0.717) is 5.69 Å². The predicted molar refractivity (Wildman–Crippen MR) is 91.5 cm³/mol. The molecule has 0 saturated heterocycles. The maximum absolute atomic E-state index is 10.5. The first kappa shape index (κ1) is 13.4. The Balaban J connectivity index is 1.79. The van der Waals surface area contributed by atoms with E-state index >= 15 is 0 Å². The molecule has 0 atom stereocenters. The lowest BCUT2D eigenvalue weighted by Crippen LogP contribution is -1.88. The molecule has 0 aliphatic carbocycles. The third-order valence-corrected chi connectivity index (χ3v) is 3.89. The zero-order valence-corrected chi connectivity index (χ0v) is 12.3. The molecule has 110 valence electrons. The number of nitrogens with zero attached hydrogens (tertiary/aromatic N) is 3. The summed E-state index contributed by atoms with van der Waals surface area (Å²) in [6.45, 7) is 0. The first-order chi connectivity index (χ1) is 11.3. The van der Waals surface area contributed by atoms with Crippen molar-refractivity contribution in [1.82, 2.24) is 9.38 Å². The van der Waals surface area contributed by atoms with E-state index in [-0.39, 0.29) is 0 Å². The smallest absolute Gasteiger partial charge is 0.137 e. The molecule has 0 bridgehead atoms. The Morgan fingerprint density at radius 2 is 1.61 bits per heavy atom. The molecule has 4 rings (SSSR count). The predicted octanol–water partition coefficient (Wildman–Crippen LogP) is 5.07. The maximum atomic E-state index is 10.5. The average molecular weight is 299 g/mol. The Labute approximate surface area is 133 Å². The molecule has 0 aliphatic heterocycles. The number of rotatable bonds is 3. The van der Waals surface area contributed by atoms with Crippen LogP contribution in [0.2, 0.25) is 0 Å². The van der Waals surface area contributed by atoms with Crippen molar-refractivity contribution in [3.8, 4) is 22.4 Å². The van der Waals surface area contributed by atoms with E-state index in [9.17, 15) is 4.91 Å². The average Bonchev–Trinajstić information content (AvgIpc) is 3.06. The van der Waals surface area contributed by atoms with E-state index < -0.39 is 0 Å². The third kappa shape index (κ3) is 2.40. The second kappa shape index (κ2) is 5.50. The van der Waals surface area contributed by atoms with Crippen LogP contribution in [0.4, 0.5) is 5.69 Å². The van der Waals surface area contributed by atoms with Crippen LogP contribution in [0.15, 0.2) is 84.3 Å². The van der Waals surface area contributed by atoms with E-state index in [2.05, 4.69) is 26.7 Å². The van der Waals surface area contributed by atoms with Gasteiger partial charge in [-0.25, -0.2) is 4.98 Å². The van der Waals surface area contributed by atoms with Gasteiger partial charge in [0.25, 0.3) is 0 Å². The SMILES string of the molecule is O=Nc1ccc(-c2ccn3c(-c4ccccc4)cnc3c2)cc1. The Kier molecular flexibility index (Phi) is 3.20. The van der Waals surface area contributed by atoms with Gasteiger partial charge in [-0.1, -0.05) is 42.5 Å². The highest BCUT2D eigenvalue weighted by atomic mass is 16.3. The zero-order valence-electron chi connectivity index (χ0n) is 12.3. The molecule has 4 aromatic rings. The maximum Gasteiger partial charge on any atom is 0.137 e. The molecule has 2 aromatic heterocycles. The van der Waals surface area contributed by atoms with Crippen molar-refractivity contribution in [1.29, 1.82) is 0 Å². The lowest BCUT2D eigenvalue weighted by Gasteiger charge is -2.05. The molecule has 2 aromatic carbocycles. The molecular formula is C19H13N3O. The first-order valence-corrected chi connectivity index (χ1v) is 7.31. The van der Waals surface area contributed by atoms with Crippen LogP contribution >= 0.6 is 0 Å². The van der Waals surface area contributed by atoms with Gasteiger partial charge in [-0.05, 0) is 40.6 Å². The molecule has 0 N–H and O–H groups in total. The second-order valence-corrected chi connectivity index (χ2v) is 5.29. The first-order valence-electron chi connectivity index (χ1n) is 7.31. The summed E-state index contributed by atoms with van der Waals surface area (Å²) >= 11 is 0. The van der Waals surface area contributed by atoms with Crippen molar-refractivity contribution in [2.75, 3.05) is 0 Å². The van der Waals surface area contributed by atoms with Crippen LogP contribution in [-0.2, 0) is 0 Å². The lowest BCUT2D eigenvalue weighted by molar-refractivity contribution is 1.19. The molecule has 2 heterocycles. The number of fused-ring (bicyclic) bond motifs is 1. The fraction of sp³-hybridized carbons (Fsp3) is 0. The van der Waals surface area contributed by atoms with Gasteiger partial charge in [0, 0.05) is 11.8 Å². The van der Waals surface area contributed by atoms with Gasteiger partial charge in [0.2, 0.25) is 0 Å². The van der Waals surface area contributed by atoms with E-state index in [1.165, 1.54) is 0 Å². The normalized spacial score (nSPS) is 10.8. The van der Waals surface area contributed by atoms with Crippen molar-refractivity contribution < 1.29 is 0 Å². The lowest BCUT2D eigenvalue weighted by atomic mass is 10.1. The molecule has 0 saturated carbocycles. The molecule has 4 nitrogen and oxygen atoms in total. The van der Waals surface area contributed by atoms with Gasteiger partial charge in [-0.15, -0.1) is 4.91 Å². The van der Waals surface area contributed by atoms with Gasteiger partial charge in [0.1, 0.15) is 11.3 Å². The Bertz CT molecular complexity index is 973. The Hall–Kier alpha value is -3.27. The summed E-state index contributed by atoms with van der Waals surface area (Å²) in [4.78, 5) is 15.0. The fourth-order valence-corrected chi connectivity index (χ4v) is 2.70. The summed E-state index contributed by atoms with van der Waals surface area (Å²) in [6, 6.07) is 21.5. The van der Waals surface area contributed by atoms with E-state index in [1.807, 2.05) is 54.9 Å². The van der Waals surface area contributed by atoms with Gasteiger partial charge in [0.15, 0.2) is 0 Å². The highest BCUT2D eigenvalue weighted by Crippen LogP contribution is 2.26. The van der Waals surface area contributed by atoms with Crippen LogP contribution in [0, 0.1) is 4.91 Å². The topological polar surface area (TPSA) is 46.7 Å². The molecule has 0 aliphatic rings. The zero-order chi connectivity index (χ0) is 15.6. The molecule has 4 heteroatoms. The van der Waals surface area contributed by atoms with Gasteiger partial charge in [-0.3, -0.25) is 4.40 Å². The summed E-state index contributed by atoms with van der Waals surface area (Å²) in [5.41, 5.74) is 5.60. The number of aromatic nitrogens is 2. The molecule has 0 fully saturated rings. The number of hydrogen-bond acceptors (Lipinski definition) is 3. The minimum Gasteiger partial charge on any atom is -0.300 e. The molecule has 0 spiro atoms. The summed E-state index contributed by atoms with van der Waals surface area (Å²) in [5, 5.41) is 2.93. The molecule has 0 amide bonds. The van der Waals surface area contributed by atoms with E-state index in [4.69, 9.17) is 0 Å². The van der Waals surface area contributed by atoms with Crippen molar-refractivity contribution in [2.24, 2.45) is 5.18 Å². The molecular weight excluding hydrogens is 286 g/mol. The summed E-state index contributed by atoms with van der Waals surface area (Å²) in [7, 11) is 0. The number of benzene rings is 2. The van der Waals surface area contributed by atoms with Gasteiger partial charge in [-0.2, -0.15) is 0 Å². The molecule has 0 radical (unpaired) electrons. The van der Waals surface area contributed by atoms with E-state index in [0.717, 1.165) is 28.0 Å². The quantitative estimate of drug-likeness (QED) is 0.496. The van der Waals surface area contributed by atoms with Crippen LogP contribution < -0.4 is 0 Å². The number of nitroso groups, excluding NO2 is 1. The summed E-state index contributed by atoms with van der Waals surface area (Å²) in [5.74, 6) is 0. The second-order valence-electron chi connectivity index (χ2n) is 5.29. The van der Waals surface area contributed by atoms with Crippen molar-refractivity contribution in [3.05, 3.63) is 84.0 Å². The summed E-state index contributed by atoms with van der Waals surface area (Å²) < 4.78 is 2.07. The number of imidazole rings is 1. The van der Waals surface area contributed by atoms with Gasteiger partial charge < -0.3 is 0 Å². The third-order valence-electron chi connectivity index (χ3n) is 3.89. The minimum absolute atomic E-state index is 0.432. The van der Waals surface area contributed by atoms with E-state index in [1.54, 1.807) is 12.1 Å². The van der Waals surface area contributed by atoms with Gasteiger partial charge >= 0.3 is 0 Å². The number of hydrogen-bond donors (Lipinski definition) is 0. The minimum atomic E-state index is 0.432. The Morgan fingerprint density at radius 1 is 0.826 bits per heavy atom.